The van der Waals surface area contributed by atoms with Gasteiger partial charge in [0.1, 0.15) is 11.8 Å². The lowest BCUT2D eigenvalue weighted by atomic mass is 10.5. The number of aromatic nitrogens is 3. The van der Waals surface area contributed by atoms with Gasteiger partial charge < -0.3 is 0 Å². The Morgan fingerprint density at radius 3 is 3.27 bits per heavy atom. The van der Waals surface area contributed by atoms with Gasteiger partial charge in [-0.05, 0) is 12.1 Å². The predicted molar refractivity (Wildman–Crippen MR) is 42.5 cm³/mol. The van der Waals surface area contributed by atoms with Gasteiger partial charge in [0, 0.05) is 18.0 Å². The fraction of sp³-hybridized carbons (Fsp3) is 0. The Hall–Kier alpha value is -1.29. The summed E-state index contributed by atoms with van der Waals surface area (Å²) in [5.41, 5.74) is 0.863. The van der Waals surface area contributed by atoms with Crippen LogP contribution in [0.15, 0.2) is 24.7 Å². The molecule has 4 nitrogen and oxygen atoms in total. The lowest BCUT2D eigenvalue weighted by molar-refractivity contribution is 0.907. The summed E-state index contributed by atoms with van der Waals surface area (Å²) in [6.07, 6.45) is 3.27. The fourth-order valence-electron chi connectivity index (χ4n) is 0.939. The van der Waals surface area contributed by atoms with Crippen molar-refractivity contribution in [2.75, 3.05) is 4.84 Å². The highest BCUT2D eigenvalue weighted by molar-refractivity contribution is 6.24. The number of nitrogens with one attached hydrogen (secondary N) is 1. The summed E-state index contributed by atoms with van der Waals surface area (Å²) in [7, 11) is 0. The van der Waals surface area contributed by atoms with Gasteiger partial charge in [-0.25, -0.2) is 9.50 Å². The van der Waals surface area contributed by atoms with Crippen molar-refractivity contribution >= 4 is 23.1 Å². The van der Waals surface area contributed by atoms with Crippen LogP contribution in [0.3, 0.4) is 0 Å². The van der Waals surface area contributed by atoms with Gasteiger partial charge in [0.2, 0.25) is 0 Å². The van der Waals surface area contributed by atoms with Crippen LogP contribution in [0, 0.1) is 0 Å². The highest BCUT2D eigenvalue weighted by Gasteiger charge is 1.99. The van der Waals surface area contributed by atoms with Crippen LogP contribution in [-0.4, -0.2) is 14.6 Å². The lowest BCUT2D eigenvalue weighted by Crippen LogP contribution is -1.94. The van der Waals surface area contributed by atoms with E-state index in [0.717, 1.165) is 5.52 Å². The van der Waals surface area contributed by atoms with Crippen LogP contribution in [0.4, 0.5) is 5.82 Å². The van der Waals surface area contributed by atoms with Crippen LogP contribution in [0.2, 0.25) is 0 Å². The van der Waals surface area contributed by atoms with Crippen LogP contribution >= 0.6 is 11.8 Å². The smallest absolute Gasteiger partial charge is 0.168 e. The third kappa shape index (κ3) is 0.914. The van der Waals surface area contributed by atoms with Crippen LogP contribution in [0.5, 0.6) is 0 Å². The van der Waals surface area contributed by atoms with Crippen LogP contribution < -0.4 is 4.84 Å². The molecule has 0 aromatic carbocycles. The van der Waals surface area contributed by atoms with Crippen molar-refractivity contribution in [1.29, 1.82) is 0 Å². The van der Waals surface area contributed by atoms with Crippen molar-refractivity contribution < 1.29 is 0 Å². The molecule has 5 heteroatoms. The summed E-state index contributed by atoms with van der Waals surface area (Å²) in [5.74, 6) is 0.617. The van der Waals surface area contributed by atoms with E-state index in [1.807, 2.05) is 18.3 Å². The molecule has 0 aliphatic carbocycles. The van der Waals surface area contributed by atoms with E-state index in [-0.39, 0.29) is 0 Å². The highest BCUT2D eigenvalue weighted by atomic mass is 35.5. The Morgan fingerprint density at radius 1 is 1.55 bits per heavy atom. The van der Waals surface area contributed by atoms with Gasteiger partial charge in [-0.15, -0.1) is 0 Å². The minimum Gasteiger partial charge on any atom is -0.281 e. The first-order chi connectivity index (χ1) is 5.42. The minimum absolute atomic E-state index is 0.617. The van der Waals surface area contributed by atoms with Gasteiger partial charge in [-0.1, -0.05) is 0 Å². The lowest BCUT2D eigenvalue weighted by Gasteiger charge is -1.97. The van der Waals surface area contributed by atoms with E-state index in [0.29, 0.717) is 5.82 Å². The van der Waals surface area contributed by atoms with Crippen LogP contribution in [-0.2, 0) is 0 Å². The Morgan fingerprint density at radius 2 is 2.45 bits per heavy atom. The molecule has 56 valence electrons. The monoisotopic (exact) mass is 168 g/mol. The van der Waals surface area contributed by atoms with Crippen molar-refractivity contribution in [3.8, 4) is 0 Å². The van der Waals surface area contributed by atoms with E-state index in [1.165, 1.54) is 6.33 Å². The number of nitrogens with zero attached hydrogens (tertiary/aromatic N) is 3. The van der Waals surface area contributed by atoms with Crippen molar-refractivity contribution in [2.24, 2.45) is 0 Å². The van der Waals surface area contributed by atoms with Gasteiger partial charge >= 0.3 is 0 Å². The standard InChI is InChI=1S/C6H5ClN4/c7-10-6-5-2-1-3-11(5)9-4-8-6/h1-4H,(H,8,9,10). The number of rotatable bonds is 1. The molecule has 0 aliphatic heterocycles. The zero-order valence-electron chi connectivity index (χ0n) is 5.53. The average Bonchev–Trinajstić information content (AvgIpc) is 2.50. The van der Waals surface area contributed by atoms with Gasteiger partial charge in [0.15, 0.2) is 5.82 Å². The molecule has 0 atom stereocenters. The molecule has 2 aromatic rings. The maximum absolute atomic E-state index is 5.41. The summed E-state index contributed by atoms with van der Waals surface area (Å²) >= 11 is 5.41. The number of anilines is 1. The molecular formula is C6H5ClN4. The van der Waals surface area contributed by atoms with Crippen LogP contribution in [0.1, 0.15) is 0 Å². The molecule has 0 fully saturated rings. The van der Waals surface area contributed by atoms with Gasteiger partial charge in [-0.2, -0.15) is 5.10 Å². The number of hydrogen-bond donors (Lipinski definition) is 1. The molecule has 0 aliphatic rings. The third-order valence-corrected chi connectivity index (χ3v) is 1.60. The van der Waals surface area contributed by atoms with E-state index in [2.05, 4.69) is 14.9 Å². The van der Waals surface area contributed by atoms with Crippen LogP contribution in [0.25, 0.3) is 5.52 Å². The summed E-state index contributed by atoms with van der Waals surface area (Å²) in [5, 5.41) is 3.96. The van der Waals surface area contributed by atoms with E-state index < -0.39 is 0 Å². The molecule has 2 rings (SSSR count). The average molecular weight is 169 g/mol. The molecule has 1 N–H and O–H groups in total. The van der Waals surface area contributed by atoms with E-state index in [1.54, 1.807) is 4.52 Å². The second-order valence-corrected chi connectivity index (χ2v) is 2.23. The first-order valence-corrected chi connectivity index (χ1v) is 3.44. The highest BCUT2D eigenvalue weighted by Crippen LogP contribution is 2.12. The molecule has 11 heavy (non-hydrogen) atoms. The van der Waals surface area contributed by atoms with E-state index >= 15 is 0 Å². The molecule has 2 aromatic heterocycles. The molecule has 0 amide bonds. The Bertz CT molecular complexity index is 369. The van der Waals surface area contributed by atoms with Crippen molar-refractivity contribution in [1.82, 2.24) is 14.6 Å². The SMILES string of the molecule is ClNc1ncnn2cccc12. The number of hydrogen-bond acceptors (Lipinski definition) is 3. The maximum atomic E-state index is 5.41. The summed E-state index contributed by atoms with van der Waals surface area (Å²) in [4.78, 5) is 6.38. The topological polar surface area (TPSA) is 42.2 Å². The molecule has 0 spiro atoms. The zero-order valence-corrected chi connectivity index (χ0v) is 6.28. The molecule has 0 saturated heterocycles. The van der Waals surface area contributed by atoms with Crippen molar-refractivity contribution in [2.45, 2.75) is 0 Å². The quantitative estimate of drug-likeness (QED) is 0.653. The summed E-state index contributed by atoms with van der Waals surface area (Å²) in [6, 6.07) is 3.76. The van der Waals surface area contributed by atoms with Crippen molar-refractivity contribution in [3.63, 3.8) is 0 Å². The molecule has 0 unspecified atom stereocenters. The second-order valence-electron chi connectivity index (χ2n) is 2.04. The van der Waals surface area contributed by atoms with E-state index in [4.69, 9.17) is 11.8 Å². The Labute approximate surface area is 67.9 Å². The first-order valence-electron chi connectivity index (χ1n) is 3.07. The third-order valence-electron chi connectivity index (χ3n) is 1.42. The Kier molecular flexibility index (Phi) is 1.40. The molecule has 0 saturated carbocycles. The van der Waals surface area contributed by atoms with E-state index in [9.17, 15) is 0 Å². The summed E-state index contributed by atoms with van der Waals surface area (Å²) < 4.78 is 1.69. The molecule has 0 radical (unpaired) electrons. The molecular weight excluding hydrogens is 164 g/mol. The zero-order chi connectivity index (χ0) is 7.68. The normalized spacial score (nSPS) is 10.3. The predicted octanol–water partition coefficient (Wildman–Crippen LogP) is 1.29. The Balaban J connectivity index is 2.79. The second kappa shape index (κ2) is 2.39. The number of halogens is 1. The van der Waals surface area contributed by atoms with Gasteiger partial charge in [0.25, 0.3) is 0 Å². The van der Waals surface area contributed by atoms with Gasteiger partial charge in [0.05, 0.1) is 0 Å². The molecule has 2 heterocycles. The van der Waals surface area contributed by atoms with Gasteiger partial charge in [-0.3, -0.25) is 4.84 Å². The molecule has 0 bridgehead atoms. The van der Waals surface area contributed by atoms with Crippen molar-refractivity contribution in [3.05, 3.63) is 24.7 Å². The largest absolute Gasteiger partial charge is 0.281 e. The minimum atomic E-state index is 0.617. The maximum Gasteiger partial charge on any atom is 0.168 e. The fourth-order valence-corrected chi connectivity index (χ4v) is 1.08. The summed E-state index contributed by atoms with van der Waals surface area (Å²) in [6.45, 7) is 0. The number of fused-ring (bicyclic) bond motifs is 1. The first kappa shape index (κ1) is 6.42.